The molecule has 104 valence electrons. The second-order valence-electron chi connectivity index (χ2n) is 5.16. The minimum Gasteiger partial charge on any atom is -0.343 e. The van der Waals surface area contributed by atoms with Crippen molar-refractivity contribution in [2.45, 2.75) is 38.5 Å². The Morgan fingerprint density at radius 2 is 2.15 bits per heavy atom. The van der Waals surface area contributed by atoms with Crippen LogP contribution in [0.3, 0.4) is 0 Å². The first-order valence-corrected chi connectivity index (χ1v) is 6.93. The summed E-state index contributed by atoms with van der Waals surface area (Å²) in [5, 5.41) is 0. The third-order valence-electron chi connectivity index (χ3n) is 3.74. The number of allylic oxidation sites excluding steroid dienone is 1. The van der Waals surface area contributed by atoms with E-state index in [1.807, 2.05) is 12.1 Å². The highest BCUT2D eigenvalue weighted by Crippen LogP contribution is 2.33. The van der Waals surface area contributed by atoms with Crippen molar-refractivity contribution in [3.05, 3.63) is 42.0 Å². The van der Waals surface area contributed by atoms with Crippen LogP contribution >= 0.6 is 0 Å². The minimum atomic E-state index is -0.822. The third-order valence-corrected chi connectivity index (χ3v) is 3.74. The zero-order valence-corrected chi connectivity index (χ0v) is 11.4. The summed E-state index contributed by atoms with van der Waals surface area (Å²) in [6, 6.07) is 7.16. The van der Waals surface area contributed by atoms with Gasteiger partial charge in [-0.1, -0.05) is 24.3 Å². The number of carbonyl (C=O) groups is 2. The lowest BCUT2D eigenvalue weighted by atomic mass is 10.1. The molecule has 0 aromatic heterocycles. The summed E-state index contributed by atoms with van der Waals surface area (Å²) >= 11 is 0. The van der Waals surface area contributed by atoms with Gasteiger partial charge in [0.25, 0.3) is 0 Å². The van der Waals surface area contributed by atoms with Gasteiger partial charge in [0.1, 0.15) is 0 Å². The van der Waals surface area contributed by atoms with Crippen molar-refractivity contribution < 1.29 is 14.3 Å². The number of amides is 1. The molecule has 2 aliphatic rings. The van der Waals surface area contributed by atoms with E-state index in [0.29, 0.717) is 11.3 Å². The molecule has 0 bridgehead atoms. The molecular weight excluding hydrogens is 254 g/mol. The van der Waals surface area contributed by atoms with Crippen LogP contribution in [0, 0.1) is 0 Å². The van der Waals surface area contributed by atoms with E-state index in [0.717, 1.165) is 19.3 Å². The molecule has 4 heteroatoms. The maximum absolute atomic E-state index is 12.4. The van der Waals surface area contributed by atoms with Crippen molar-refractivity contribution in [1.29, 1.82) is 0 Å². The molecule has 1 amide bonds. The molecule has 1 aliphatic carbocycles. The molecule has 0 N–H and O–H groups in total. The van der Waals surface area contributed by atoms with Crippen LogP contribution in [0.5, 0.6) is 0 Å². The molecule has 0 radical (unpaired) electrons. The Morgan fingerprint density at radius 1 is 1.35 bits per heavy atom. The lowest BCUT2D eigenvalue weighted by Crippen LogP contribution is -2.43. The molecule has 2 unspecified atom stereocenters. The summed E-state index contributed by atoms with van der Waals surface area (Å²) in [6.45, 7) is 1.46. The van der Waals surface area contributed by atoms with Gasteiger partial charge in [-0.3, -0.25) is 14.5 Å². The van der Waals surface area contributed by atoms with Crippen LogP contribution in [-0.2, 0) is 9.53 Å². The number of fused-ring (bicyclic) bond motifs is 1. The summed E-state index contributed by atoms with van der Waals surface area (Å²) in [6.07, 6.45) is 6.13. The number of carbonyl (C=O) groups excluding carboxylic acids is 2. The maximum Gasteiger partial charge on any atom is 0.226 e. The fourth-order valence-corrected chi connectivity index (χ4v) is 2.79. The van der Waals surface area contributed by atoms with E-state index in [9.17, 15) is 9.59 Å². The van der Waals surface area contributed by atoms with Gasteiger partial charge in [-0.2, -0.15) is 0 Å². The number of hydrogen-bond donors (Lipinski definition) is 0. The first kappa shape index (κ1) is 13.1. The van der Waals surface area contributed by atoms with E-state index in [1.165, 1.54) is 11.8 Å². The van der Waals surface area contributed by atoms with E-state index in [-0.39, 0.29) is 17.8 Å². The Hall–Kier alpha value is -1.94. The molecule has 0 saturated carbocycles. The predicted octanol–water partition coefficient (Wildman–Crippen LogP) is 2.69. The van der Waals surface area contributed by atoms with Crippen molar-refractivity contribution in [3.63, 3.8) is 0 Å². The van der Waals surface area contributed by atoms with E-state index in [1.54, 1.807) is 18.2 Å². The molecule has 20 heavy (non-hydrogen) atoms. The van der Waals surface area contributed by atoms with Gasteiger partial charge in [-0.25, -0.2) is 0 Å². The number of para-hydroxylation sites is 1. The average molecular weight is 271 g/mol. The second kappa shape index (κ2) is 5.21. The van der Waals surface area contributed by atoms with Crippen LogP contribution in [-0.4, -0.2) is 24.0 Å². The topological polar surface area (TPSA) is 46.6 Å². The number of nitrogens with zero attached hydrogens (tertiary/aromatic N) is 1. The van der Waals surface area contributed by atoms with Crippen LogP contribution in [0.4, 0.5) is 5.69 Å². The highest BCUT2D eigenvalue weighted by molar-refractivity contribution is 6.16. The third kappa shape index (κ3) is 2.16. The zero-order valence-electron chi connectivity index (χ0n) is 11.4. The van der Waals surface area contributed by atoms with Crippen molar-refractivity contribution >= 4 is 17.4 Å². The van der Waals surface area contributed by atoms with E-state index < -0.39 is 6.23 Å². The first-order chi connectivity index (χ1) is 9.68. The number of anilines is 1. The summed E-state index contributed by atoms with van der Waals surface area (Å²) in [5.41, 5.74) is 1.21. The fraction of sp³-hybridized carbons (Fsp3) is 0.375. The summed E-state index contributed by atoms with van der Waals surface area (Å²) in [5.74, 6) is -0.303. The molecule has 1 aliphatic heterocycles. The molecular formula is C16H17NO3. The molecule has 0 saturated heterocycles. The van der Waals surface area contributed by atoms with E-state index in [2.05, 4.69) is 6.08 Å². The smallest absolute Gasteiger partial charge is 0.226 e. The number of ketones is 1. The number of benzene rings is 1. The number of hydrogen-bond acceptors (Lipinski definition) is 3. The van der Waals surface area contributed by atoms with Gasteiger partial charge < -0.3 is 4.74 Å². The van der Waals surface area contributed by atoms with Gasteiger partial charge in [0.15, 0.2) is 0 Å². The highest BCUT2D eigenvalue weighted by Gasteiger charge is 2.41. The van der Waals surface area contributed by atoms with Gasteiger partial charge >= 0.3 is 0 Å². The SMILES string of the molecule is CC(=O)N1c2ccccc2C(=O)C1OC1C=CCCC1. The number of rotatable bonds is 2. The number of Topliss-reactive ketones (excluding diaryl/α,β-unsaturated/α-hetero) is 1. The van der Waals surface area contributed by atoms with Crippen LogP contribution < -0.4 is 4.90 Å². The van der Waals surface area contributed by atoms with Crippen molar-refractivity contribution in [1.82, 2.24) is 0 Å². The van der Waals surface area contributed by atoms with Crippen LogP contribution in [0.2, 0.25) is 0 Å². The second-order valence-corrected chi connectivity index (χ2v) is 5.16. The van der Waals surface area contributed by atoms with E-state index in [4.69, 9.17) is 4.74 Å². The monoisotopic (exact) mass is 271 g/mol. The Bertz CT molecular complexity index is 579. The molecule has 1 aromatic rings. The van der Waals surface area contributed by atoms with Crippen LogP contribution in [0.15, 0.2) is 36.4 Å². The fourth-order valence-electron chi connectivity index (χ4n) is 2.79. The summed E-state index contributed by atoms with van der Waals surface area (Å²) < 4.78 is 5.89. The van der Waals surface area contributed by atoms with Crippen molar-refractivity contribution in [2.75, 3.05) is 4.90 Å². The standard InChI is InChI=1S/C16H17NO3/c1-11(18)17-14-10-6-5-9-13(14)15(19)16(17)20-12-7-3-2-4-8-12/h3,5-7,9-10,12,16H,2,4,8H2,1H3. The zero-order chi connectivity index (χ0) is 14.1. The van der Waals surface area contributed by atoms with Gasteiger partial charge in [-0.05, 0) is 31.4 Å². The van der Waals surface area contributed by atoms with Gasteiger partial charge in [0.05, 0.1) is 11.8 Å². The molecule has 0 spiro atoms. The first-order valence-electron chi connectivity index (χ1n) is 6.93. The van der Waals surface area contributed by atoms with E-state index >= 15 is 0 Å². The largest absolute Gasteiger partial charge is 0.343 e. The Labute approximate surface area is 118 Å². The molecule has 1 heterocycles. The van der Waals surface area contributed by atoms with Gasteiger partial charge in [-0.15, -0.1) is 0 Å². The van der Waals surface area contributed by atoms with Crippen molar-refractivity contribution in [3.8, 4) is 0 Å². The Balaban J connectivity index is 1.90. The minimum absolute atomic E-state index is 0.0890. The lowest BCUT2D eigenvalue weighted by Gasteiger charge is -2.27. The van der Waals surface area contributed by atoms with Gasteiger partial charge in [0, 0.05) is 12.5 Å². The molecule has 3 rings (SSSR count). The maximum atomic E-state index is 12.4. The summed E-state index contributed by atoms with van der Waals surface area (Å²) in [4.78, 5) is 25.8. The average Bonchev–Trinajstić information content (AvgIpc) is 2.74. The number of ether oxygens (including phenoxy) is 1. The summed E-state index contributed by atoms with van der Waals surface area (Å²) in [7, 11) is 0. The quantitative estimate of drug-likeness (QED) is 0.777. The molecule has 4 nitrogen and oxygen atoms in total. The molecule has 0 fully saturated rings. The molecule has 1 aromatic carbocycles. The van der Waals surface area contributed by atoms with Crippen molar-refractivity contribution in [2.24, 2.45) is 0 Å². The van der Waals surface area contributed by atoms with Gasteiger partial charge in [0.2, 0.25) is 17.9 Å². The Kier molecular flexibility index (Phi) is 3.40. The highest BCUT2D eigenvalue weighted by atomic mass is 16.5. The molecule has 2 atom stereocenters. The van der Waals surface area contributed by atoms with Crippen LogP contribution in [0.1, 0.15) is 36.5 Å². The Morgan fingerprint density at radius 3 is 2.85 bits per heavy atom. The normalized spacial score (nSPS) is 24.9. The van der Waals surface area contributed by atoms with Crippen LogP contribution in [0.25, 0.3) is 0 Å². The predicted molar refractivity (Wildman–Crippen MR) is 75.6 cm³/mol. The lowest BCUT2D eigenvalue weighted by molar-refractivity contribution is -0.119.